The van der Waals surface area contributed by atoms with Crippen molar-refractivity contribution in [3.63, 3.8) is 0 Å². The number of fused-ring (bicyclic) bond motifs is 1. The van der Waals surface area contributed by atoms with E-state index in [1.165, 1.54) is 6.07 Å². The summed E-state index contributed by atoms with van der Waals surface area (Å²) in [5, 5.41) is 12.8. The van der Waals surface area contributed by atoms with Crippen LogP contribution < -0.4 is 9.47 Å². The fraction of sp³-hybridized carbons (Fsp3) is 0.0500. The first-order chi connectivity index (χ1) is 14.6. The summed E-state index contributed by atoms with van der Waals surface area (Å²) in [5.41, 5.74) is -0.0370. The number of nitrogens with zero attached hydrogens (tertiary/aromatic N) is 1. The zero-order valence-corrected chi connectivity index (χ0v) is 16.5. The second-order valence-electron chi connectivity index (χ2n) is 6.22. The van der Waals surface area contributed by atoms with Crippen LogP contribution in [-0.4, -0.2) is 30.5 Å². The van der Waals surface area contributed by atoms with Gasteiger partial charge in [0.2, 0.25) is 5.75 Å². The van der Waals surface area contributed by atoms with E-state index in [1.54, 1.807) is 18.2 Å². The molecule has 3 rings (SSSR count). The van der Waals surface area contributed by atoms with Crippen LogP contribution >= 0.6 is 0 Å². The number of hydrogen-bond acceptors (Lipinski definition) is 7. The van der Waals surface area contributed by atoms with Gasteiger partial charge in [0.25, 0.3) is 10.1 Å². The average Bonchev–Trinajstić information content (AvgIpc) is 2.70. The topological polar surface area (TPSA) is 133 Å². The van der Waals surface area contributed by atoms with E-state index < -0.39 is 49.8 Å². The Morgan fingerprint density at radius 2 is 1.84 bits per heavy atom. The molecule has 0 unspecified atom stereocenters. The summed E-state index contributed by atoms with van der Waals surface area (Å²) in [6.07, 6.45) is 1.69. The molecule has 0 spiro atoms. The minimum atomic E-state index is -5.03. The van der Waals surface area contributed by atoms with Crippen LogP contribution in [0, 0.1) is 15.9 Å². The fourth-order valence-electron chi connectivity index (χ4n) is 2.71. The van der Waals surface area contributed by atoms with Crippen LogP contribution in [0.5, 0.6) is 11.5 Å². The summed E-state index contributed by atoms with van der Waals surface area (Å²) in [6.45, 7) is 2.87. The molecule has 0 atom stereocenters. The van der Waals surface area contributed by atoms with E-state index in [0.29, 0.717) is 12.1 Å². The van der Waals surface area contributed by atoms with Crippen LogP contribution in [0.4, 0.5) is 10.1 Å². The molecule has 0 heterocycles. The van der Waals surface area contributed by atoms with Crippen LogP contribution in [-0.2, 0) is 14.9 Å². The van der Waals surface area contributed by atoms with E-state index in [0.717, 1.165) is 16.3 Å². The summed E-state index contributed by atoms with van der Waals surface area (Å²) >= 11 is 0. The van der Waals surface area contributed by atoms with Gasteiger partial charge in [-0.3, -0.25) is 14.7 Å². The first-order valence-electron chi connectivity index (χ1n) is 8.53. The molecule has 11 heteroatoms. The molecule has 0 bridgehead atoms. The number of halogens is 1. The number of esters is 1. The molecule has 0 radical (unpaired) electrons. The summed E-state index contributed by atoms with van der Waals surface area (Å²) in [7, 11) is -5.03. The Hall–Kier alpha value is -3.83. The average molecular weight is 447 g/mol. The molecule has 0 aromatic heterocycles. The predicted octanol–water partition coefficient (Wildman–Crippen LogP) is 3.76. The smallest absolute Gasteiger partial charge is 0.349 e. The molecular formula is C20H14FNO8S. The molecule has 31 heavy (non-hydrogen) atoms. The molecular weight excluding hydrogens is 433 g/mol. The Morgan fingerprint density at radius 1 is 1.16 bits per heavy atom. The van der Waals surface area contributed by atoms with Crippen LogP contribution in [0.1, 0.15) is 5.56 Å². The minimum Gasteiger partial charge on any atom is -0.475 e. The zero-order valence-electron chi connectivity index (χ0n) is 15.6. The van der Waals surface area contributed by atoms with Gasteiger partial charge in [-0.15, -0.1) is 0 Å². The van der Waals surface area contributed by atoms with E-state index in [4.69, 9.17) is 14.0 Å². The van der Waals surface area contributed by atoms with Crippen molar-refractivity contribution in [2.45, 2.75) is 4.90 Å². The number of rotatable bonds is 7. The second-order valence-corrected chi connectivity index (χ2v) is 7.61. The molecule has 0 aliphatic heterocycles. The van der Waals surface area contributed by atoms with Gasteiger partial charge in [-0.05, 0) is 34.5 Å². The number of carbonyl (C=O) groups is 1. The zero-order chi connectivity index (χ0) is 22.8. The van der Waals surface area contributed by atoms with Crippen molar-refractivity contribution >= 4 is 38.6 Å². The summed E-state index contributed by atoms with van der Waals surface area (Å²) in [4.78, 5) is 20.8. The first kappa shape index (κ1) is 21.9. The highest BCUT2D eigenvalue weighted by molar-refractivity contribution is 7.85. The van der Waals surface area contributed by atoms with Gasteiger partial charge in [0, 0.05) is 12.1 Å². The molecule has 0 aliphatic carbocycles. The Morgan fingerprint density at radius 3 is 2.48 bits per heavy atom. The lowest BCUT2D eigenvalue weighted by Crippen LogP contribution is -2.18. The third-order valence-corrected chi connectivity index (χ3v) is 5.01. The van der Waals surface area contributed by atoms with Gasteiger partial charge in [-0.2, -0.15) is 8.42 Å². The van der Waals surface area contributed by atoms with Gasteiger partial charge < -0.3 is 9.47 Å². The lowest BCUT2D eigenvalue weighted by atomic mass is 10.1. The van der Waals surface area contributed by atoms with Gasteiger partial charge in [-0.1, -0.05) is 30.9 Å². The second kappa shape index (κ2) is 8.50. The highest BCUT2D eigenvalue weighted by Crippen LogP contribution is 2.32. The number of ether oxygens (including phenoxy) is 2. The normalized spacial score (nSPS) is 11.2. The SMILES string of the molecule is C=Cc1ccc2cc(OC(=O)COc3cc(F)c(S(=O)(=O)O)cc3[N+](=O)[O-])ccc2c1. The Balaban J connectivity index is 1.76. The Labute approximate surface area is 175 Å². The van der Waals surface area contributed by atoms with Gasteiger partial charge in [0.1, 0.15) is 16.5 Å². The maximum atomic E-state index is 13.9. The molecule has 9 nitrogen and oxygen atoms in total. The van der Waals surface area contributed by atoms with Crippen molar-refractivity contribution in [2.75, 3.05) is 6.61 Å². The fourth-order valence-corrected chi connectivity index (χ4v) is 3.28. The van der Waals surface area contributed by atoms with Crippen molar-refractivity contribution in [3.05, 3.63) is 76.6 Å². The molecule has 160 valence electrons. The van der Waals surface area contributed by atoms with Crippen molar-refractivity contribution in [1.29, 1.82) is 0 Å². The van der Waals surface area contributed by atoms with Gasteiger partial charge >= 0.3 is 11.7 Å². The molecule has 0 saturated heterocycles. The molecule has 0 amide bonds. The monoisotopic (exact) mass is 447 g/mol. The molecule has 0 saturated carbocycles. The van der Waals surface area contributed by atoms with E-state index >= 15 is 0 Å². The molecule has 1 N–H and O–H groups in total. The van der Waals surface area contributed by atoms with Crippen LogP contribution in [0.25, 0.3) is 16.8 Å². The lowest BCUT2D eigenvalue weighted by Gasteiger charge is -2.09. The number of nitro benzene ring substituents is 1. The third-order valence-electron chi connectivity index (χ3n) is 4.14. The van der Waals surface area contributed by atoms with Gasteiger partial charge in [-0.25, -0.2) is 9.18 Å². The minimum absolute atomic E-state index is 0.190. The Bertz CT molecular complexity index is 1320. The van der Waals surface area contributed by atoms with Crippen molar-refractivity contribution in [3.8, 4) is 11.5 Å². The number of carbonyl (C=O) groups excluding carboxylic acids is 1. The molecule has 3 aromatic rings. The predicted molar refractivity (Wildman–Crippen MR) is 108 cm³/mol. The Kier molecular flexibility index (Phi) is 5.99. The van der Waals surface area contributed by atoms with Crippen LogP contribution in [0.15, 0.2) is 60.0 Å². The summed E-state index contributed by atoms with van der Waals surface area (Å²) in [6, 6.07) is 11.1. The van der Waals surface area contributed by atoms with Crippen molar-refractivity contribution < 1.29 is 36.6 Å². The quantitative estimate of drug-likeness (QED) is 0.190. The highest BCUT2D eigenvalue weighted by atomic mass is 32.2. The largest absolute Gasteiger partial charge is 0.475 e. The number of hydrogen-bond donors (Lipinski definition) is 1. The standard InChI is InChI=1S/C20H14FNO8S/c1-2-12-3-4-14-8-15(6-5-13(14)7-12)30-20(23)11-29-18-9-16(21)19(31(26,27)28)10-17(18)22(24)25/h2-10H,1,11H2,(H,26,27,28). The van der Waals surface area contributed by atoms with Crippen molar-refractivity contribution in [1.82, 2.24) is 0 Å². The highest BCUT2D eigenvalue weighted by Gasteiger charge is 2.26. The van der Waals surface area contributed by atoms with Crippen LogP contribution in [0.3, 0.4) is 0 Å². The first-order valence-corrected chi connectivity index (χ1v) is 9.97. The third kappa shape index (κ3) is 5.02. The number of benzene rings is 3. The molecule has 0 aliphatic rings. The molecule has 3 aromatic carbocycles. The number of nitro groups is 1. The van der Waals surface area contributed by atoms with Gasteiger partial charge in [0.05, 0.1) is 4.92 Å². The lowest BCUT2D eigenvalue weighted by molar-refractivity contribution is -0.386. The van der Waals surface area contributed by atoms with Crippen LogP contribution in [0.2, 0.25) is 0 Å². The van der Waals surface area contributed by atoms with E-state index in [-0.39, 0.29) is 5.75 Å². The van der Waals surface area contributed by atoms with E-state index in [9.17, 15) is 27.7 Å². The molecule has 0 fully saturated rings. The van der Waals surface area contributed by atoms with E-state index in [2.05, 4.69) is 6.58 Å². The maximum Gasteiger partial charge on any atom is 0.349 e. The summed E-state index contributed by atoms with van der Waals surface area (Å²) in [5.74, 6) is -2.93. The summed E-state index contributed by atoms with van der Waals surface area (Å²) < 4.78 is 55.1. The maximum absolute atomic E-state index is 13.9. The van der Waals surface area contributed by atoms with Crippen molar-refractivity contribution in [2.24, 2.45) is 0 Å². The van der Waals surface area contributed by atoms with E-state index in [1.807, 2.05) is 18.2 Å². The van der Waals surface area contributed by atoms with Gasteiger partial charge in [0.15, 0.2) is 6.61 Å².